The van der Waals surface area contributed by atoms with Gasteiger partial charge in [-0.05, 0) is 13.3 Å². The third-order valence-electron chi connectivity index (χ3n) is 3.42. The molecule has 1 amide bonds. The number of anilines is 1. The molecule has 8 heteroatoms. The van der Waals surface area contributed by atoms with Crippen molar-refractivity contribution >= 4 is 21.6 Å². The molecule has 0 saturated carbocycles. The highest BCUT2D eigenvalue weighted by Gasteiger charge is 2.32. The Kier molecular flexibility index (Phi) is 4.32. The second-order valence-corrected chi connectivity index (χ2v) is 7.29. The zero-order valence-corrected chi connectivity index (χ0v) is 12.4. The molecule has 1 aliphatic rings. The summed E-state index contributed by atoms with van der Waals surface area (Å²) in [5.74, 6) is 1.48. The SMILES string of the molecule is Cc1cc(NCCC(=O)N(C)C2CCS(=O)(=O)C2)no1. The minimum Gasteiger partial charge on any atom is -0.367 e. The molecular formula is C12H19N3O4S. The van der Waals surface area contributed by atoms with Crippen molar-refractivity contribution < 1.29 is 17.7 Å². The van der Waals surface area contributed by atoms with E-state index in [9.17, 15) is 13.2 Å². The van der Waals surface area contributed by atoms with E-state index in [-0.39, 0.29) is 23.5 Å². The quantitative estimate of drug-likeness (QED) is 0.848. The van der Waals surface area contributed by atoms with Gasteiger partial charge in [-0.15, -0.1) is 0 Å². The molecule has 1 N–H and O–H groups in total. The summed E-state index contributed by atoms with van der Waals surface area (Å²) < 4.78 is 27.7. The molecule has 1 aromatic rings. The summed E-state index contributed by atoms with van der Waals surface area (Å²) in [6.45, 7) is 2.23. The van der Waals surface area contributed by atoms with Crippen LogP contribution in [0.4, 0.5) is 5.82 Å². The summed E-state index contributed by atoms with van der Waals surface area (Å²) in [6, 6.07) is 1.55. The summed E-state index contributed by atoms with van der Waals surface area (Å²) in [5, 5.41) is 6.75. The van der Waals surface area contributed by atoms with Crippen molar-refractivity contribution in [1.29, 1.82) is 0 Å². The molecule has 0 radical (unpaired) electrons. The van der Waals surface area contributed by atoms with Gasteiger partial charge in [0.05, 0.1) is 11.5 Å². The van der Waals surface area contributed by atoms with Crippen LogP contribution in [0.3, 0.4) is 0 Å². The first-order chi connectivity index (χ1) is 9.37. The lowest BCUT2D eigenvalue weighted by Crippen LogP contribution is -2.38. The summed E-state index contributed by atoms with van der Waals surface area (Å²) in [4.78, 5) is 13.5. The Morgan fingerprint density at radius 1 is 1.60 bits per heavy atom. The normalized spacial score (nSPS) is 20.8. The average molecular weight is 301 g/mol. The van der Waals surface area contributed by atoms with Crippen LogP contribution in [0.5, 0.6) is 0 Å². The number of hydrogen-bond acceptors (Lipinski definition) is 6. The molecule has 1 saturated heterocycles. The van der Waals surface area contributed by atoms with Gasteiger partial charge in [0, 0.05) is 32.1 Å². The van der Waals surface area contributed by atoms with Crippen molar-refractivity contribution in [2.75, 3.05) is 30.4 Å². The highest BCUT2D eigenvalue weighted by Crippen LogP contribution is 2.17. The van der Waals surface area contributed by atoms with Gasteiger partial charge in [0.1, 0.15) is 5.76 Å². The van der Waals surface area contributed by atoms with Crippen LogP contribution in [0.1, 0.15) is 18.6 Å². The summed E-state index contributed by atoms with van der Waals surface area (Å²) in [6.07, 6.45) is 0.819. The molecule has 2 heterocycles. The predicted octanol–water partition coefficient (Wildman–Crippen LogP) is 0.431. The van der Waals surface area contributed by atoms with Gasteiger partial charge in [0.15, 0.2) is 15.7 Å². The Morgan fingerprint density at radius 3 is 2.90 bits per heavy atom. The fourth-order valence-corrected chi connectivity index (χ4v) is 3.98. The van der Waals surface area contributed by atoms with E-state index in [2.05, 4.69) is 10.5 Å². The zero-order chi connectivity index (χ0) is 14.8. The fourth-order valence-electron chi connectivity index (χ4n) is 2.21. The number of nitrogens with zero attached hydrogens (tertiary/aromatic N) is 2. The number of hydrogen-bond donors (Lipinski definition) is 1. The third-order valence-corrected chi connectivity index (χ3v) is 5.17. The lowest BCUT2D eigenvalue weighted by molar-refractivity contribution is -0.131. The van der Waals surface area contributed by atoms with E-state index in [1.165, 1.54) is 0 Å². The Bertz CT molecular complexity index is 581. The molecule has 2 rings (SSSR count). The molecule has 1 fully saturated rings. The molecule has 1 unspecified atom stereocenters. The smallest absolute Gasteiger partial charge is 0.224 e. The van der Waals surface area contributed by atoms with Gasteiger partial charge in [-0.2, -0.15) is 0 Å². The average Bonchev–Trinajstić information content (AvgIpc) is 2.94. The maximum Gasteiger partial charge on any atom is 0.224 e. The van der Waals surface area contributed by atoms with E-state index < -0.39 is 9.84 Å². The van der Waals surface area contributed by atoms with Crippen molar-refractivity contribution in [1.82, 2.24) is 10.1 Å². The first-order valence-electron chi connectivity index (χ1n) is 6.51. The van der Waals surface area contributed by atoms with E-state index in [0.717, 1.165) is 0 Å². The molecule has 0 aliphatic carbocycles. The van der Waals surface area contributed by atoms with E-state index >= 15 is 0 Å². The van der Waals surface area contributed by atoms with Gasteiger partial charge >= 0.3 is 0 Å². The van der Waals surface area contributed by atoms with Crippen LogP contribution in [0.15, 0.2) is 10.6 Å². The topological polar surface area (TPSA) is 92.5 Å². The molecule has 0 bridgehead atoms. The Hall–Kier alpha value is -1.57. The zero-order valence-electron chi connectivity index (χ0n) is 11.6. The lowest BCUT2D eigenvalue weighted by atomic mass is 10.2. The molecule has 1 atom stereocenters. The first kappa shape index (κ1) is 14.8. The van der Waals surface area contributed by atoms with Crippen LogP contribution in [0.25, 0.3) is 0 Å². The minimum absolute atomic E-state index is 0.0696. The number of aromatic nitrogens is 1. The van der Waals surface area contributed by atoms with Crippen molar-refractivity contribution in [3.05, 3.63) is 11.8 Å². The summed E-state index contributed by atoms with van der Waals surface area (Å²) in [7, 11) is -1.31. The van der Waals surface area contributed by atoms with E-state index in [4.69, 9.17) is 4.52 Å². The molecular weight excluding hydrogens is 282 g/mol. The molecule has 0 aromatic carbocycles. The van der Waals surface area contributed by atoms with Gasteiger partial charge < -0.3 is 14.7 Å². The highest BCUT2D eigenvalue weighted by molar-refractivity contribution is 7.91. The second-order valence-electron chi connectivity index (χ2n) is 5.06. The van der Waals surface area contributed by atoms with Crippen molar-refractivity contribution in [3.8, 4) is 0 Å². The van der Waals surface area contributed by atoms with Crippen LogP contribution >= 0.6 is 0 Å². The van der Waals surface area contributed by atoms with Crippen LogP contribution < -0.4 is 5.32 Å². The lowest BCUT2D eigenvalue weighted by Gasteiger charge is -2.23. The van der Waals surface area contributed by atoms with Crippen molar-refractivity contribution in [2.45, 2.75) is 25.8 Å². The number of amides is 1. The summed E-state index contributed by atoms with van der Waals surface area (Å²) >= 11 is 0. The molecule has 112 valence electrons. The number of sulfone groups is 1. The van der Waals surface area contributed by atoms with E-state index in [1.807, 2.05) is 0 Å². The Balaban J connectivity index is 1.77. The molecule has 0 spiro atoms. The Morgan fingerprint density at radius 2 is 2.35 bits per heavy atom. The number of aryl methyl sites for hydroxylation is 1. The molecule has 1 aliphatic heterocycles. The number of carbonyl (C=O) groups is 1. The fraction of sp³-hybridized carbons (Fsp3) is 0.667. The van der Waals surface area contributed by atoms with E-state index in [1.54, 1.807) is 24.9 Å². The van der Waals surface area contributed by atoms with Crippen LogP contribution in [0, 0.1) is 6.92 Å². The Labute approximate surface area is 118 Å². The van der Waals surface area contributed by atoms with Crippen LogP contribution in [-0.4, -0.2) is 55.5 Å². The van der Waals surface area contributed by atoms with Gasteiger partial charge in [-0.25, -0.2) is 8.42 Å². The van der Waals surface area contributed by atoms with E-state index in [0.29, 0.717) is 31.0 Å². The number of nitrogens with one attached hydrogen (secondary N) is 1. The van der Waals surface area contributed by atoms with Gasteiger partial charge in [-0.1, -0.05) is 5.16 Å². The number of rotatable bonds is 5. The third kappa shape index (κ3) is 3.72. The molecule has 20 heavy (non-hydrogen) atoms. The number of carbonyl (C=O) groups excluding carboxylic acids is 1. The minimum atomic E-state index is -2.97. The molecule has 1 aromatic heterocycles. The first-order valence-corrected chi connectivity index (χ1v) is 8.33. The molecule has 7 nitrogen and oxygen atoms in total. The maximum atomic E-state index is 12.0. The monoisotopic (exact) mass is 301 g/mol. The maximum absolute atomic E-state index is 12.0. The standard InChI is InChI=1S/C12H19N3O4S/c1-9-7-11(14-19-9)13-5-3-12(16)15(2)10-4-6-20(17,18)8-10/h7,10H,3-6,8H2,1-2H3,(H,13,14). The highest BCUT2D eigenvalue weighted by atomic mass is 32.2. The second kappa shape index (κ2) is 5.82. The van der Waals surface area contributed by atoms with Gasteiger partial charge in [-0.3, -0.25) is 4.79 Å². The van der Waals surface area contributed by atoms with Crippen LogP contribution in [0.2, 0.25) is 0 Å². The predicted molar refractivity (Wildman–Crippen MR) is 74.2 cm³/mol. The van der Waals surface area contributed by atoms with Gasteiger partial charge in [0.25, 0.3) is 0 Å². The summed E-state index contributed by atoms with van der Waals surface area (Å²) in [5.41, 5.74) is 0. The van der Waals surface area contributed by atoms with Gasteiger partial charge in [0.2, 0.25) is 5.91 Å². The van der Waals surface area contributed by atoms with Crippen molar-refractivity contribution in [2.24, 2.45) is 0 Å². The largest absolute Gasteiger partial charge is 0.367 e. The van der Waals surface area contributed by atoms with Crippen molar-refractivity contribution in [3.63, 3.8) is 0 Å². The van der Waals surface area contributed by atoms with Crippen LogP contribution in [-0.2, 0) is 14.6 Å².